The van der Waals surface area contributed by atoms with Gasteiger partial charge < -0.3 is 10.6 Å². The van der Waals surface area contributed by atoms with Gasteiger partial charge in [-0.2, -0.15) is 0 Å². The smallest absolute Gasteiger partial charge is 0.238 e. The van der Waals surface area contributed by atoms with Gasteiger partial charge in [0.05, 0.1) is 6.54 Å². The van der Waals surface area contributed by atoms with E-state index in [1.54, 1.807) is 12.1 Å². The molecule has 1 aromatic rings. The lowest BCUT2D eigenvalue weighted by Crippen LogP contribution is -2.31. The van der Waals surface area contributed by atoms with E-state index in [1.165, 1.54) is 12.1 Å². The van der Waals surface area contributed by atoms with E-state index < -0.39 is 0 Å². The topological polar surface area (TPSA) is 44.4 Å². The molecule has 0 spiro atoms. The van der Waals surface area contributed by atoms with Gasteiger partial charge in [0.15, 0.2) is 0 Å². The first-order valence-corrected chi connectivity index (χ1v) is 6.00. The maximum atomic E-state index is 12.7. The number of halogens is 1. The third-order valence-corrected chi connectivity index (χ3v) is 2.51. The average molecular weight is 253 g/mol. The number of hydrogen-bond acceptors (Lipinski definition) is 3. The molecule has 0 aromatic heterocycles. The van der Waals surface area contributed by atoms with E-state index in [9.17, 15) is 9.18 Å². The van der Waals surface area contributed by atoms with Gasteiger partial charge >= 0.3 is 0 Å². The van der Waals surface area contributed by atoms with E-state index in [0.717, 1.165) is 19.5 Å². The molecule has 100 valence electrons. The van der Waals surface area contributed by atoms with Crippen molar-refractivity contribution in [1.82, 2.24) is 10.2 Å². The maximum Gasteiger partial charge on any atom is 0.238 e. The molecule has 0 fully saturated rings. The number of likely N-dealkylation sites (N-methyl/N-ethyl adjacent to an activating group) is 1. The van der Waals surface area contributed by atoms with E-state index in [-0.39, 0.29) is 11.7 Å². The van der Waals surface area contributed by atoms with E-state index in [1.807, 2.05) is 19.0 Å². The SMILES string of the molecule is CNCCCN(C)CC(=O)Nc1ccc(F)cc1. The molecule has 4 nitrogen and oxygen atoms in total. The largest absolute Gasteiger partial charge is 0.325 e. The molecular weight excluding hydrogens is 233 g/mol. The van der Waals surface area contributed by atoms with Crippen molar-refractivity contribution >= 4 is 11.6 Å². The van der Waals surface area contributed by atoms with Gasteiger partial charge in [-0.1, -0.05) is 0 Å². The van der Waals surface area contributed by atoms with Crippen molar-refractivity contribution in [2.24, 2.45) is 0 Å². The Morgan fingerprint density at radius 1 is 1.33 bits per heavy atom. The highest BCUT2D eigenvalue weighted by molar-refractivity contribution is 5.92. The summed E-state index contributed by atoms with van der Waals surface area (Å²) in [5, 5.41) is 5.79. The molecular formula is C13H20FN3O. The van der Waals surface area contributed by atoms with Gasteiger partial charge in [0, 0.05) is 5.69 Å². The summed E-state index contributed by atoms with van der Waals surface area (Å²) >= 11 is 0. The van der Waals surface area contributed by atoms with Crippen LogP contribution in [0.25, 0.3) is 0 Å². The van der Waals surface area contributed by atoms with Crippen LogP contribution in [0.2, 0.25) is 0 Å². The fourth-order valence-corrected chi connectivity index (χ4v) is 1.58. The summed E-state index contributed by atoms with van der Waals surface area (Å²) in [4.78, 5) is 13.6. The molecule has 0 bridgehead atoms. The lowest BCUT2D eigenvalue weighted by molar-refractivity contribution is -0.117. The van der Waals surface area contributed by atoms with Gasteiger partial charge in [-0.3, -0.25) is 9.69 Å². The Labute approximate surface area is 107 Å². The summed E-state index contributed by atoms with van der Waals surface area (Å²) in [7, 11) is 3.81. The number of carbonyl (C=O) groups excluding carboxylic acids is 1. The van der Waals surface area contributed by atoms with Crippen molar-refractivity contribution in [1.29, 1.82) is 0 Å². The first-order valence-electron chi connectivity index (χ1n) is 6.00. The van der Waals surface area contributed by atoms with Crippen LogP contribution in [0.5, 0.6) is 0 Å². The van der Waals surface area contributed by atoms with E-state index >= 15 is 0 Å². The van der Waals surface area contributed by atoms with Crippen LogP contribution in [0, 0.1) is 5.82 Å². The molecule has 0 atom stereocenters. The number of benzene rings is 1. The molecule has 1 amide bonds. The van der Waals surface area contributed by atoms with Crippen molar-refractivity contribution in [2.45, 2.75) is 6.42 Å². The predicted octanol–water partition coefficient (Wildman–Crippen LogP) is 1.31. The third kappa shape index (κ3) is 5.75. The second kappa shape index (κ2) is 7.79. The molecule has 1 aromatic carbocycles. The van der Waals surface area contributed by atoms with Gasteiger partial charge in [-0.05, 0) is 57.9 Å². The minimum Gasteiger partial charge on any atom is -0.325 e. The van der Waals surface area contributed by atoms with Gasteiger partial charge in [0.1, 0.15) is 5.82 Å². The summed E-state index contributed by atoms with van der Waals surface area (Å²) in [5.41, 5.74) is 0.616. The molecule has 1 rings (SSSR count). The quantitative estimate of drug-likeness (QED) is 0.720. The zero-order valence-electron chi connectivity index (χ0n) is 10.9. The molecule has 0 saturated carbocycles. The van der Waals surface area contributed by atoms with Gasteiger partial charge in [0.25, 0.3) is 0 Å². The van der Waals surface area contributed by atoms with Gasteiger partial charge in [-0.25, -0.2) is 4.39 Å². The fourth-order valence-electron chi connectivity index (χ4n) is 1.58. The summed E-state index contributed by atoms with van der Waals surface area (Å²) in [6, 6.07) is 5.75. The van der Waals surface area contributed by atoms with Crippen LogP contribution in [0.1, 0.15) is 6.42 Å². The van der Waals surface area contributed by atoms with Crippen LogP contribution in [-0.4, -0.2) is 44.5 Å². The van der Waals surface area contributed by atoms with Crippen molar-refractivity contribution in [2.75, 3.05) is 39.0 Å². The fraction of sp³-hybridized carbons (Fsp3) is 0.462. The summed E-state index contributed by atoms with van der Waals surface area (Å²) in [5.74, 6) is -0.397. The highest BCUT2D eigenvalue weighted by Crippen LogP contribution is 2.07. The van der Waals surface area contributed by atoms with Crippen LogP contribution in [-0.2, 0) is 4.79 Å². The van der Waals surface area contributed by atoms with Crippen LogP contribution < -0.4 is 10.6 Å². The number of carbonyl (C=O) groups is 1. The Morgan fingerprint density at radius 3 is 2.61 bits per heavy atom. The normalized spacial score (nSPS) is 10.7. The number of hydrogen-bond donors (Lipinski definition) is 2. The van der Waals surface area contributed by atoms with Gasteiger partial charge in [0.2, 0.25) is 5.91 Å². The monoisotopic (exact) mass is 253 g/mol. The second-order valence-electron chi connectivity index (χ2n) is 4.25. The maximum absolute atomic E-state index is 12.7. The number of anilines is 1. The Morgan fingerprint density at radius 2 is 2.00 bits per heavy atom. The molecule has 0 radical (unpaired) electrons. The number of amides is 1. The molecule has 5 heteroatoms. The average Bonchev–Trinajstić information content (AvgIpc) is 2.32. The molecule has 0 aliphatic heterocycles. The molecule has 0 aliphatic carbocycles. The summed E-state index contributed by atoms with van der Waals surface area (Å²) in [6.07, 6.45) is 0.997. The molecule has 0 aliphatic rings. The van der Waals surface area contributed by atoms with Crippen molar-refractivity contribution in [3.63, 3.8) is 0 Å². The first kappa shape index (κ1) is 14.6. The third-order valence-electron chi connectivity index (χ3n) is 2.51. The molecule has 0 saturated heterocycles. The molecule has 18 heavy (non-hydrogen) atoms. The van der Waals surface area contributed by atoms with Crippen LogP contribution in [0.15, 0.2) is 24.3 Å². The minimum absolute atomic E-state index is 0.0893. The Kier molecular flexibility index (Phi) is 6.32. The number of nitrogens with one attached hydrogen (secondary N) is 2. The van der Waals surface area contributed by atoms with Crippen LogP contribution in [0.4, 0.5) is 10.1 Å². The zero-order chi connectivity index (χ0) is 13.4. The Balaban J connectivity index is 2.30. The second-order valence-corrected chi connectivity index (χ2v) is 4.25. The van der Waals surface area contributed by atoms with Gasteiger partial charge in [-0.15, -0.1) is 0 Å². The van der Waals surface area contributed by atoms with Crippen LogP contribution in [0.3, 0.4) is 0 Å². The Bertz CT molecular complexity index is 367. The highest BCUT2D eigenvalue weighted by atomic mass is 19.1. The molecule has 2 N–H and O–H groups in total. The first-order chi connectivity index (χ1) is 8.61. The minimum atomic E-state index is -0.308. The van der Waals surface area contributed by atoms with Crippen LogP contribution >= 0.6 is 0 Å². The van der Waals surface area contributed by atoms with E-state index in [4.69, 9.17) is 0 Å². The standard InChI is InChI=1S/C13H20FN3O/c1-15-8-3-9-17(2)10-13(18)16-12-6-4-11(14)5-7-12/h4-7,15H,3,8-10H2,1-2H3,(H,16,18). The number of rotatable bonds is 7. The van der Waals surface area contributed by atoms with Crippen molar-refractivity contribution < 1.29 is 9.18 Å². The lowest BCUT2D eigenvalue weighted by Gasteiger charge is -2.16. The molecule has 0 unspecified atom stereocenters. The van der Waals surface area contributed by atoms with E-state index in [2.05, 4.69) is 10.6 Å². The summed E-state index contributed by atoms with van der Waals surface area (Å²) in [6.45, 7) is 2.13. The van der Waals surface area contributed by atoms with Crippen molar-refractivity contribution in [3.8, 4) is 0 Å². The highest BCUT2D eigenvalue weighted by Gasteiger charge is 2.06. The lowest BCUT2D eigenvalue weighted by atomic mass is 10.3. The Hall–Kier alpha value is -1.46. The predicted molar refractivity (Wildman–Crippen MR) is 71.1 cm³/mol. The van der Waals surface area contributed by atoms with Crippen molar-refractivity contribution in [3.05, 3.63) is 30.1 Å². The number of nitrogens with zero attached hydrogens (tertiary/aromatic N) is 1. The summed E-state index contributed by atoms with van der Waals surface area (Å²) < 4.78 is 12.7. The molecule has 0 heterocycles. The zero-order valence-corrected chi connectivity index (χ0v) is 10.9. The van der Waals surface area contributed by atoms with E-state index in [0.29, 0.717) is 12.2 Å².